The molecule has 3 rings (SSSR count). The van der Waals surface area contributed by atoms with Crippen LogP contribution in [0.3, 0.4) is 0 Å². The molecule has 2 N–H and O–H groups in total. The Morgan fingerprint density at radius 1 is 1.13 bits per heavy atom. The van der Waals surface area contributed by atoms with Crippen LogP contribution >= 0.6 is 0 Å². The van der Waals surface area contributed by atoms with Crippen LogP contribution in [0.15, 0.2) is 36.4 Å². The molecule has 0 radical (unpaired) electrons. The summed E-state index contributed by atoms with van der Waals surface area (Å²) >= 11 is 0. The molecule has 0 saturated heterocycles. The Labute approximate surface area is 89.9 Å². The summed E-state index contributed by atoms with van der Waals surface area (Å²) in [5, 5.41) is 2.72. The van der Waals surface area contributed by atoms with Crippen molar-refractivity contribution in [3.05, 3.63) is 47.5 Å². The molecule has 2 aromatic rings. The zero-order valence-electron chi connectivity index (χ0n) is 8.90. The van der Waals surface area contributed by atoms with Crippen molar-refractivity contribution in [1.29, 1.82) is 0 Å². The summed E-state index contributed by atoms with van der Waals surface area (Å²) in [5.74, 6) is 0.598. The number of nitrogens with two attached hydrogens (primary N) is 1. The highest BCUT2D eigenvalue weighted by Crippen LogP contribution is 2.42. The van der Waals surface area contributed by atoms with E-state index in [4.69, 9.17) is 5.73 Å². The van der Waals surface area contributed by atoms with Crippen LogP contribution in [0, 0.1) is 0 Å². The second-order valence-corrected chi connectivity index (χ2v) is 4.53. The van der Waals surface area contributed by atoms with Gasteiger partial charge in [0.15, 0.2) is 0 Å². The van der Waals surface area contributed by atoms with Crippen molar-refractivity contribution in [2.75, 3.05) is 0 Å². The molecule has 0 saturated carbocycles. The lowest BCUT2D eigenvalue weighted by Crippen LogP contribution is -2.05. The van der Waals surface area contributed by atoms with E-state index < -0.39 is 0 Å². The van der Waals surface area contributed by atoms with E-state index in [-0.39, 0.29) is 6.04 Å². The van der Waals surface area contributed by atoms with Gasteiger partial charge in [0.2, 0.25) is 0 Å². The number of fused-ring (bicyclic) bond motifs is 3. The summed E-state index contributed by atoms with van der Waals surface area (Å²) in [6.07, 6.45) is 1.09. The van der Waals surface area contributed by atoms with Crippen LogP contribution in [-0.4, -0.2) is 0 Å². The molecular formula is C14H15N. The average Bonchev–Trinajstić information content (AvgIpc) is 2.55. The van der Waals surface area contributed by atoms with Crippen LogP contribution in [0.1, 0.15) is 36.4 Å². The minimum atomic E-state index is 0.236. The lowest BCUT2D eigenvalue weighted by atomic mass is 9.96. The molecule has 2 unspecified atom stereocenters. The molecule has 0 fully saturated rings. The smallest absolute Gasteiger partial charge is 0.0303 e. The van der Waals surface area contributed by atoms with Crippen LogP contribution in [0.2, 0.25) is 0 Å². The summed E-state index contributed by atoms with van der Waals surface area (Å²) in [4.78, 5) is 0. The van der Waals surface area contributed by atoms with Crippen molar-refractivity contribution < 1.29 is 0 Å². The fourth-order valence-corrected chi connectivity index (χ4v) is 2.81. The quantitative estimate of drug-likeness (QED) is 0.688. The van der Waals surface area contributed by atoms with E-state index in [1.165, 1.54) is 21.9 Å². The predicted octanol–water partition coefficient (Wildman–Crippen LogP) is 3.35. The first-order valence-corrected chi connectivity index (χ1v) is 5.54. The Morgan fingerprint density at radius 3 is 2.80 bits per heavy atom. The molecule has 0 aliphatic heterocycles. The molecule has 0 bridgehead atoms. The molecule has 2 atom stereocenters. The van der Waals surface area contributed by atoms with Gasteiger partial charge in [0, 0.05) is 6.04 Å². The Hall–Kier alpha value is -1.34. The SMILES string of the molecule is CC1CC(N)c2ccc3ccccc3c21. The van der Waals surface area contributed by atoms with E-state index in [9.17, 15) is 0 Å². The fraction of sp³-hybridized carbons (Fsp3) is 0.286. The van der Waals surface area contributed by atoms with Gasteiger partial charge in [-0.1, -0.05) is 43.3 Å². The fourth-order valence-electron chi connectivity index (χ4n) is 2.81. The van der Waals surface area contributed by atoms with E-state index in [2.05, 4.69) is 43.3 Å². The summed E-state index contributed by atoms with van der Waals surface area (Å²) in [5.41, 5.74) is 8.95. The van der Waals surface area contributed by atoms with Gasteiger partial charge >= 0.3 is 0 Å². The summed E-state index contributed by atoms with van der Waals surface area (Å²) < 4.78 is 0. The second-order valence-electron chi connectivity index (χ2n) is 4.53. The largest absolute Gasteiger partial charge is 0.324 e. The van der Waals surface area contributed by atoms with Gasteiger partial charge in [-0.15, -0.1) is 0 Å². The molecule has 1 heteroatoms. The number of rotatable bonds is 0. The molecule has 76 valence electrons. The normalized spacial score (nSPS) is 24.4. The Balaban J connectivity index is 2.39. The Kier molecular flexibility index (Phi) is 1.83. The highest BCUT2D eigenvalue weighted by Gasteiger charge is 2.26. The zero-order valence-corrected chi connectivity index (χ0v) is 8.90. The molecule has 1 aliphatic rings. The monoisotopic (exact) mass is 197 g/mol. The van der Waals surface area contributed by atoms with E-state index in [1.807, 2.05) is 0 Å². The van der Waals surface area contributed by atoms with Gasteiger partial charge in [-0.05, 0) is 34.2 Å². The van der Waals surface area contributed by atoms with Gasteiger partial charge < -0.3 is 5.73 Å². The lowest BCUT2D eigenvalue weighted by Gasteiger charge is -2.09. The third kappa shape index (κ3) is 1.20. The van der Waals surface area contributed by atoms with Crippen molar-refractivity contribution in [2.24, 2.45) is 5.73 Å². The molecule has 1 aliphatic carbocycles. The van der Waals surface area contributed by atoms with Gasteiger partial charge in [-0.25, -0.2) is 0 Å². The standard InChI is InChI=1S/C14H15N/c1-9-8-13(15)12-7-6-10-4-2-3-5-11(10)14(9)12/h2-7,9,13H,8,15H2,1H3. The maximum atomic E-state index is 6.13. The maximum absolute atomic E-state index is 6.13. The molecule has 0 spiro atoms. The van der Waals surface area contributed by atoms with Gasteiger partial charge in [0.25, 0.3) is 0 Å². The van der Waals surface area contributed by atoms with Crippen molar-refractivity contribution in [3.8, 4) is 0 Å². The molecule has 15 heavy (non-hydrogen) atoms. The molecular weight excluding hydrogens is 182 g/mol. The van der Waals surface area contributed by atoms with Crippen LogP contribution in [0.4, 0.5) is 0 Å². The average molecular weight is 197 g/mol. The minimum absolute atomic E-state index is 0.236. The summed E-state index contributed by atoms with van der Waals surface area (Å²) in [6, 6.07) is 13.2. The van der Waals surface area contributed by atoms with Crippen molar-refractivity contribution in [2.45, 2.75) is 25.3 Å². The zero-order chi connectivity index (χ0) is 10.4. The Morgan fingerprint density at radius 2 is 1.93 bits per heavy atom. The second kappa shape index (κ2) is 3.07. The van der Waals surface area contributed by atoms with Gasteiger partial charge in [0.05, 0.1) is 0 Å². The minimum Gasteiger partial charge on any atom is -0.324 e. The van der Waals surface area contributed by atoms with E-state index in [1.54, 1.807) is 0 Å². The molecule has 0 aromatic heterocycles. The van der Waals surface area contributed by atoms with E-state index >= 15 is 0 Å². The first-order valence-electron chi connectivity index (χ1n) is 5.54. The van der Waals surface area contributed by atoms with Crippen molar-refractivity contribution in [3.63, 3.8) is 0 Å². The first-order chi connectivity index (χ1) is 7.27. The molecule has 2 aromatic carbocycles. The van der Waals surface area contributed by atoms with E-state index in [0.29, 0.717) is 5.92 Å². The Bertz CT molecular complexity index is 516. The van der Waals surface area contributed by atoms with Crippen molar-refractivity contribution >= 4 is 10.8 Å². The summed E-state index contributed by atoms with van der Waals surface area (Å²) in [7, 11) is 0. The third-order valence-electron chi connectivity index (χ3n) is 3.50. The van der Waals surface area contributed by atoms with Gasteiger partial charge in [0.1, 0.15) is 0 Å². The third-order valence-corrected chi connectivity index (χ3v) is 3.50. The highest BCUT2D eigenvalue weighted by atomic mass is 14.7. The molecule has 1 nitrogen and oxygen atoms in total. The first kappa shape index (κ1) is 8.93. The van der Waals surface area contributed by atoms with Gasteiger partial charge in [-0.3, -0.25) is 0 Å². The topological polar surface area (TPSA) is 26.0 Å². The summed E-state index contributed by atoms with van der Waals surface area (Å²) in [6.45, 7) is 2.28. The molecule has 0 heterocycles. The van der Waals surface area contributed by atoms with Crippen LogP contribution < -0.4 is 5.73 Å². The molecule has 0 amide bonds. The van der Waals surface area contributed by atoms with Crippen LogP contribution in [-0.2, 0) is 0 Å². The van der Waals surface area contributed by atoms with Crippen LogP contribution in [0.25, 0.3) is 10.8 Å². The van der Waals surface area contributed by atoms with Crippen LogP contribution in [0.5, 0.6) is 0 Å². The highest BCUT2D eigenvalue weighted by molar-refractivity contribution is 5.88. The van der Waals surface area contributed by atoms with E-state index in [0.717, 1.165) is 6.42 Å². The lowest BCUT2D eigenvalue weighted by molar-refractivity contribution is 0.641. The number of hydrogen-bond acceptors (Lipinski definition) is 1. The van der Waals surface area contributed by atoms with Crippen molar-refractivity contribution in [1.82, 2.24) is 0 Å². The predicted molar refractivity (Wildman–Crippen MR) is 63.9 cm³/mol. The number of benzene rings is 2. The maximum Gasteiger partial charge on any atom is 0.0303 e. The van der Waals surface area contributed by atoms with Gasteiger partial charge in [-0.2, -0.15) is 0 Å². The number of hydrogen-bond donors (Lipinski definition) is 1.